The van der Waals surface area contributed by atoms with Crippen molar-refractivity contribution in [1.29, 1.82) is 0 Å². The number of hydrogen-bond donors (Lipinski definition) is 0. The Labute approximate surface area is 232 Å². The highest BCUT2D eigenvalue weighted by molar-refractivity contribution is 7.89. The van der Waals surface area contributed by atoms with Crippen molar-refractivity contribution in [2.75, 3.05) is 13.7 Å². The molecule has 0 amide bonds. The Kier molecular flexibility index (Phi) is 6.59. The Bertz CT molecular complexity index is 1850. The second kappa shape index (κ2) is 10.1. The maximum atomic E-state index is 15.3. The van der Waals surface area contributed by atoms with Gasteiger partial charge in [-0.25, -0.2) is 17.8 Å². The number of rotatable bonds is 6. The summed E-state index contributed by atoms with van der Waals surface area (Å²) in [5.41, 5.74) is 6.66. The Morgan fingerprint density at radius 1 is 1.00 bits per heavy atom. The highest BCUT2D eigenvalue weighted by Crippen LogP contribution is 2.39. The average Bonchev–Trinajstić information content (AvgIpc) is 3.40. The predicted octanol–water partition coefficient (Wildman–Crippen LogP) is 5.38. The van der Waals surface area contributed by atoms with Crippen LogP contribution >= 0.6 is 0 Å². The Morgan fingerprint density at radius 2 is 1.80 bits per heavy atom. The van der Waals surface area contributed by atoms with E-state index >= 15 is 4.39 Å². The van der Waals surface area contributed by atoms with Gasteiger partial charge in [-0.3, -0.25) is 0 Å². The Balaban J connectivity index is 1.38. The fourth-order valence-corrected chi connectivity index (χ4v) is 6.64. The molecule has 3 aromatic carbocycles. The second-order valence-corrected chi connectivity index (χ2v) is 11.8. The summed E-state index contributed by atoms with van der Waals surface area (Å²) in [6.45, 7) is 5.18. The fourth-order valence-electron chi connectivity index (χ4n) is 5.22. The number of aryl methyl sites for hydroxylation is 2. The summed E-state index contributed by atoms with van der Waals surface area (Å²) in [6.07, 6.45) is 3.86. The van der Waals surface area contributed by atoms with E-state index in [1.165, 1.54) is 17.5 Å². The van der Waals surface area contributed by atoms with Gasteiger partial charge in [0.1, 0.15) is 17.1 Å². The molecule has 5 aromatic rings. The first-order valence-corrected chi connectivity index (χ1v) is 14.5. The van der Waals surface area contributed by atoms with Gasteiger partial charge in [0.05, 0.1) is 24.5 Å². The lowest BCUT2D eigenvalue weighted by Gasteiger charge is -2.29. The molecular formula is C30H28FN5O3S. The standard InChI is InChI=1S/C30H28FN5O3S/c1-4-35-18-32-29-26(16-33-34-30(29)35)21-7-10-27(31)24(14-21)25-13-20-11-12-36(17-22(20)15-28(25)39-3)40(37,38)23-8-5-19(2)6-9-23/h5-10,13-16,18H,4,11-12,17H2,1-3H3. The number of methoxy groups -OCH3 is 1. The number of hydrogen-bond acceptors (Lipinski definition) is 6. The van der Waals surface area contributed by atoms with Crippen LogP contribution in [0.15, 0.2) is 72.0 Å². The lowest BCUT2D eigenvalue weighted by atomic mass is 9.92. The van der Waals surface area contributed by atoms with Gasteiger partial charge in [-0.05, 0) is 73.4 Å². The molecule has 0 radical (unpaired) electrons. The Morgan fingerprint density at radius 3 is 2.55 bits per heavy atom. The van der Waals surface area contributed by atoms with Crippen LogP contribution in [0.3, 0.4) is 0 Å². The van der Waals surface area contributed by atoms with E-state index in [-0.39, 0.29) is 11.4 Å². The van der Waals surface area contributed by atoms with Gasteiger partial charge in [-0.15, -0.1) is 5.10 Å². The lowest BCUT2D eigenvalue weighted by molar-refractivity contribution is 0.385. The van der Waals surface area contributed by atoms with Gasteiger partial charge in [0.15, 0.2) is 5.65 Å². The molecule has 1 aliphatic rings. The van der Waals surface area contributed by atoms with Gasteiger partial charge in [-0.1, -0.05) is 23.8 Å². The molecule has 6 rings (SSSR count). The van der Waals surface area contributed by atoms with E-state index in [2.05, 4.69) is 15.2 Å². The van der Waals surface area contributed by atoms with E-state index < -0.39 is 15.8 Å². The monoisotopic (exact) mass is 557 g/mol. The minimum atomic E-state index is -3.65. The third-order valence-electron chi connectivity index (χ3n) is 7.47. The van der Waals surface area contributed by atoms with Gasteiger partial charge >= 0.3 is 0 Å². The van der Waals surface area contributed by atoms with Crippen molar-refractivity contribution in [1.82, 2.24) is 24.1 Å². The molecule has 0 saturated carbocycles. The maximum Gasteiger partial charge on any atom is 0.243 e. The Hall–Kier alpha value is -4.15. The molecule has 2 aromatic heterocycles. The van der Waals surface area contributed by atoms with E-state index in [0.717, 1.165) is 27.8 Å². The number of sulfonamides is 1. The van der Waals surface area contributed by atoms with Crippen LogP contribution in [0.5, 0.6) is 5.75 Å². The molecule has 10 heteroatoms. The molecule has 0 spiro atoms. The topological polar surface area (TPSA) is 90.2 Å². The molecule has 0 atom stereocenters. The molecule has 0 N–H and O–H groups in total. The van der Waals surface area contributed by atoms with Crippen molar-refractivity contribution in [3.05, 3.63) is 89.6 Å². The zero-order chi connectivity index (χ0) is 28.0. The molecule has 3 heterocycles. The number of benzene rings is 3. The molecule has 204 valence electrons. The molecule has 1 aliphatic heterocycles. The largest absolute Gasteiger partial charge is 0.496 e. The van der Waals surface area contributed by atoms with Gasteiger partial charge in [0.2, 0.25) is 10.0 Å². The van der Waals surface area contributed by atoms with Crippen molar-refractivity contribution >= 4 is 21.2 Å². The van der Waals surface area contributed by atoms with Crippen LogP contribution in [-0.2, 0) is 29.5 Å². The van der Waals surface area contributed by atoms with Crippen LogP contribution in [-0.4, -0.2) is 46.1 Å². The van der Waals surface area contributed by atoms with Crippen LogP contribution < -0.4 is 4.74 Å². The molecule has 0 fully saturated rings. The summed E-state index contributed by atoms with van der Waals surface area (Å²) in [7, 11) is -2.12. The van der Waals surface area contributed by atoms with Crippen LogP contribution in [0.1, 0.15) is 23.6 Å². The number of fused-ring (bicyclic) bond motifs is 2. The van der Waals surface area contributed by atoms with Crippen LogP contribution in [0.25, 0.3) is 33.4 Å². The first kappa shape index (κ1) is 26.1. The second-order valence-electron chi connectivity index (χ2n) is 9.88. The highest BCUT2D eigenvalue weighted by Gasteiger charge is 2.29. The van der Waals surface area contributed by atoms with Crippen LogP contribution in [0, 0.1) is 12.7 Å². The van der Waals surface area contributed by atoms with Crippen molar-refractivity contribution in [3.63, 3.8) is 0 Å². The molecule has 0 unspecified atom stereocenters. The van der Waals surface area contributed by atoms with E-state index in [0.29, 0.717) is 47.6 Å². The van der Waals surface area contributed by atoms with Crippen molar-refractivity contribution in [2.24, 2.45) is 0 Å². The van der Waals surface area contributed by atoms with E-state index in [1.807, 2.05) is 30.5 Å². The number of halogens is 1. The summed E-state index contributed by atoms with van der Waals surface area (Å²) in [4.78, 5) is 4.79. The molecule has 40 heavy (non-hydrogen) atoms. The number of ether oxygens (including phenoxy) is 1. The fraction of sp³-hybridized carbons (Fsp3) is 0.233. The number of nitrogens with zero attached hydrogens (tertiary/aromatic N) is 5. The molecule has 0 aliphatic carbocycles. The summed E-state index contributed by atoms with van der Waals surface area (Å²) in [5, 5.41) is 8.38. The molecular weight excluding hydrogens is 529 g/mol. The summed E-state index contributed by atoms with van der Waals surface area (Å²) >= 11 is 0. The number of aromatic nitrogens is 4. The first-order valence-electron chi connectivity index (χ1n) is 13.0. The van der Waals surface area contributed by atoms with Crippen LogP contribution in [0.2, 0.25) is 0 Å². The van der Waals surface area contributed by atoms with Crippen LogP contribution in [0.4, 0.5) is 4.39 Å². The van der Waals surface area contributed by atoms with Crippen molar-refractivity contribution < 1.29 is 17.5 Å². The minimum Gasteiger partial charge on any atom is -0.496 e. The predicted molar refractivity (Wildman–Crippen MR) is 151 cm³/mol. The zero-order valence-electron chi connectivity index (χ0n) is 22.4. The zero-order valence-corrected chi connectivity index (χ0v) is 23.2. The number of imidazole rings is 1. The SMILES string of the molecule is CCn1cnc2c(-c3ccc(F)c(-c4cc5c(cc4OC)CN(S(=O)(=O)c4ccc(C)cc4)CC5)c3)cnnc21. The first-order chi connectivity index (χ1) is 19.3. The highest BCUT2D eigenvalue weighted by atomic mass is 32.2. The van der Waals surface area contributed by atoms with Gasteiger partial charge in [-0.2, -0.15) is 9.40 Å². The van der Waals surface area contributed by atoms with Gasteiger partial charge in [0, 0.05) is 36.3 Å². The van der Waals surface area contributed by atoms with E-state index in [9.17, 15) is 8.42 Å². The molecule has 0 bridgehead atoms. The normalized spacial score (nSPS) is 13.9. The smallest absolute Gasteiger partial charge is 0.243 e. The van der Waals surface area contributed by atoms with Crippen molar-refractivity contribution in [2.45, 2.75) is 38.3 Å². The van der Waals surface area contributed by atoms with Gasteiger partial charge < -0.3 is 9.30 Å². The minimum absolute atomic E-state index is 0.214. The summed E-state index contributed by atoms with van der Waals surface area (Å²) < 4.78 is 51.0. The van der Waals surface area contributed by atoms with Gasteiger partial charge in [0.25, 0.3) is 0 Å². The van der Waals surface area contributed by atoms with E-state index in [1.54, 1.807) is 48.9 Å². The van der Waals surface area contributed by atoms with E-state index in [4.69, 9.17) is 4.74 Å². The quantitative estimate of drug-likeness (QED) is 0.278. The van der Waals surface area contributed by atoms with Crippen molar-refractivity contribution in [3.8, 4) is 28.0 Å². The molecule has 8 nitrogen and oxygen atoms in total. The lowest BCUT2D eigenvalue weighted by Crippen LogP contribution is -2.36. The third-order valence-corrected chi connectivity index (χ3v) is 9.33. The maximum absolute atomic E-state index is 15.3. The summed E-state index contributed by atoms with van der Waals surface area (Å²) in [5.74, 6) is 0.0800. The molecule has 0 saturated heterocycles. The summed E-state index contributed by atoms with van der Waals surface area (Å²) in [6, 6.07) is 15.5. The average molecular weight is 558 g/mol. The third kappa shape index (κ3) is 4.43.